The monoisotopic (exact) mass is 369 g/mol. The average Bonchev–Trinajstić information content (AvgIpc) is 2.66. The molecule has 0 aliphatic heterocycles. The maximum atomic E-state index is 4.80. The van der Waals surface area contributed by atoms with E-state index in [0.717, 1.165) is 34.2 Å². The van der Waals surface area contributed by atoms with Crippen LogP contribution >= 0.6 is 0 Å². The van der Waals surface area contributed by atoms with Crippen LogP contribution in [0.1, 0.15) is 47.5 Å². The van der Waals surface area contributed by atoms with Crippen molar-refractivity contribution in [1.29, 1.82) is 0 Å². The standard InChI is InChI=1S/C25H27N3/c1-16-10-12-22(18(3)14-16)26-20(5)24-8-7-9-25(28-24)21(6)27-23-13-11-17(2)15-19(23)4/h7-15H,1-6H3. The largest absolute Gasteiger partial charge is 0.251 e. The van der Waals surface area contributed by atoms with Crippen LogP contribution in [0.25, 0.3) is 0 Å². The van der Waals surface area contributed by atoms with E-state index in [-0.39, 0.29) is 0 Å². The first-order chi connectivity index (χ1) is 13.3. The number of aromatic nitrogens is 1. The maximum absolute atomic E-state index is 4.80. The molecule has 0 aliphatic rings. The van der Waals surface area contributed by atoms with E-state index in [0.29, 0.717) is 0 Å². The zero-order valence-electron chi connectivity index (χ0n) is 17.5. The van der Waals surface area contributed by atoms with Crippen molar-refractivity contribution in [3.63, 3.8) is 0 Å². The summed E-state index contributed by atoms with van der Waals surface area (Å²) in [6, 6.07) is 18.6. The van der Waals surface area contributed by atoms with E-state index < -0.39 is 0 Å². The molecule has 0 fully saturated rings. The second-order valence-corrected chi connectivity index (χ2v) is 7.38. The quantitative estimate of drug-likeness (QED) is 0.478. The number of aliphatic imine (C=N–C) groups is 2. The lowest BCUT2D eigenvalue weighted by atomic mass is 10.1. The van der Waals surface area contributed by atoms with Gasteiger partial charge in [0.2, 0.25) is 0 Å². The minimum Gasteiger partial charge on any atom is -0.251 e. The van der Waals surface area contributed by atoms with E-state index in [9.17, 15) is 0 Å². The summed E-state index contributed by atoms with van der Waals surface area (Å²) in [5.74, 6) is 0. The summed E-state index contributed by atoms with van der Waals surface area (Å²) in [6.07, 6.45) is 0. The van der Waals surface area contributed by atoms with Gasteiger partial charge in [0, 0.05) is 0 Å². The van der Waals surface area contributed by atoms with Crippen molar-refractivity contribution in [2.24, 2.45) is 9.98 Å². The Morgan fingerprint density at radius 1 is 0.643 bits per heavy atom. The van der Waals surface area contributed by atoms with Crippen LogP contribution in [0, 0.1) is 27.7 Å². The Labute approximate surface area is 167 Å². The van der Waals surface area contributed by atoms with Crippen molar-refractivity contribution in [3.8, 4) is 0 Å². The van der Waals surface area contributed by atoms with E-state index in [1.165, 1.54) is 22.3 Å². The second kappa shape index (κ2) is 8.30. The van der Waals surface area contributed by atoms with Gasteiger partial charge in [0.15, 0.2) is 0 Å². The molecule has 0 saturated carbocycles. The summed E-state index contributed by atoms with van der Waals surface area (Å²) < 4.78 is 0. The molecule has 0 N–H and O–H groups in total. The fraction of sp³-hybridized carbons (Fsp3) is 0.240. The third-order valence-electron chi connectivity index (χ3n) is 4.77. The highest BCUT2D eigenvalue weighted by Gasteiger charge is 2.06. The Morgan fingerprint density at radius 3 is 1.46 bits per heavy atom. The van der Waals surface area contributed by atoms with E-state index in [1.54, 1.807) is 0 Å². The molecule has 0 bridgehead atoms. The van der Waals surface area contributed by atoms with Gasteiger partial charge in [-0.05, 0) is 76.9 Å². The highest BCUT2D eigenvalue weighted by atomic mass is 14.8. The van der Waals surface area contributed by atoms with Gasteiger partial charge in [0.05, 0.1) is 34.2 Å². The number of hydrogen-bond donors (Lipinski definition) is 0. The molecule has 142 valence electrons. The van der Waals surface area contributed by atoms with Gasteiger partial charge in [0.25, 0.3) is 0 Å². The minimum absolute atomic E-state index is 0.868. The summed E-state index contributed by atoms with van der Waals surface area (Å²) in [5, 5.41) is 0. The SMILES string of the molecule is CC(=Nc1ccc(C)cc1C)c1cccc(C(C)=Nc2ccc(C)cc2C)n1. The third-order valence-corrected chi connectivity index (χ3v) is 4.77. The summed E-state index contributed by atoms with van der Waals surface area (Å²) in [4.78, 5) is 14.4. The molecule has 0 amide bonds. The van der Waals surface area contributed by atoms with Gasteiger partial charge in [-0.3, -0.25) is 9.98 Å². The smallest absolute Gasteiger partial charge is 0.0849 e. The van der Waals surface area contributed by atoms with Crippen LogP contribution in [-0.4, -0.2) is 16.4 Å². The van der Waals surface area contributed by atoms with Crippen molar-refractivity contribution in [1.82, 2.24) is 4.98 Å². The van der Waals surface area contributed by atoms with E-state index in [2.05, 4.69) is 64.1 Å². The fourth-order valence-electron chi connectivity index (χ4n) is 3.18. The Bertz CT molecular complexity index is 992. The number of benzene rings is 2. The molecule has 3 rings (SSSR count). The highest BCUT2D eigenvalue weighted by molar-refractivity contribution is 6.02. The lowest BCUT2D eigenvalue weighted by Gasteiger charge is -2.07. The molecule has 0 spiro atoms. The van der Waals surface area contributed by atoms with Gasteiger partial charge in [0.1, 0.15) is 0 Å². The van der Waals surface area contributed by atoms with Crippen molar-refractivity contribution >= 4 is 22.8 Å². The molecule has 1 aromatic heterocycles. The Kier molecular flexibility index (Phi) is 5.84. The number of pyridine rings is 1. The second-order valence-electron chi connectivity index (χ2n) is 7.38. The van der Waals surface area contributed by atoms with Gasteiger partial charge in [-0.15, -0.1) is 0 Å². The Balaban J connectivity index is 1.93. The molecule has 0 aliphatic carbocycles. The predicted octanol–water partition coefficient (Wildman–Crippen LogP) is 6.60. The van der Waals surface area contributed by atoms with Crippen LogP contribution in [0.4, 0.5) is 11.4 Å². The molecule has 3 nitrogen and oxygen atoms in total. The van der Waals surface area contributed by atoms with Crippen LogP contribution in [0.2, 0.25) is 0 Å². The first-order valence-corrected chi connectivity index (χ1v) is 9.56. The normalized spacial score (nSPS) is 12.4. The number of hydrogen-bond acceptors (Lipinski definition) is 3. The number of rotatable bonds is 4. The highest BCUT2D eigenvalue weighted by Crippen LogP contribution is 2.22. The van der Waals surface area contributed by atoms with E-state index in [4.69, 9.17) is 15.0 Å². The zero-order valence-corrected chi connectivity index (χ0v) is 17.5. The first-order valence-electron chi connectivity index (χ1n) is 9.56. The molecular weight excluding hydrogens is 342 g/mol. The molecular formula is C25H27N3. The van der Waals surface area contributed by atoms with Crippen LogP contribution < -0.4 is 0 Å². The van der Waals surface area contributed by atoms with Gasteiger partial charge in [-0.2, -0.15) is 0 Å². The van der Waals surface area contributed by atoms with Crippen molar-refractivity contribution in [3.05, 3.63) is 88.2 Å². The third kappa shape index (κ3) is 4.61. The van der Waals surface area contributed by atoms with Crippen LogP contribution in [0.15, 0.2) is 64.6 Å². The molecule has 0 atom stereocenters. The molecule has 2 aromatic carbocycles. The van der Waals surface area contributed by atoms with Crippen molar-refractivity contribution < 1.29 is 0 Å². The van der Waals surface area contributed by atoms with Gasteiger partial charge in [-0.1, -0.05) is 41.5 Å². The zero-order chi connectivity index (χ0) is 20.3. The lowest BCUT2D eigenvalue weighted by molar-refractivity contribution is 1.23. The summed E-state index contributed by atoms with van der Waals surface area (Å²) in [5.41, 5.74) is 10.3. The van der Waals surface area contributed by atoms with Gasteiger partial charge >= 0.3 is 0 Å². The van der Waals surface area contributed by atoms with Crippen molar-refractivity contribution in [2.75, 3.05) is 0 Å². The van der Waals surface area contributed by atoms with E-state index in [1.807, 2.05) is 32.0 Å². The predicted molar refractivity (Wildman–Crippen MR) is 120 cm³/mol. The van der Waals surface area contributed by atoms with Crippen molar-refractivity contribution in [2.45, 2.75) is 41.5 Å². The number of aryl methyl sites for hydroxylation is 4. The molecule has 3 aromatic rings. The van der Waals surface area contributed by atoms with E-state index >= 15 is 0 Å². The maximum Gasteiger partial charge on any atom is 0.0849 e. The van der Waals surface area contributed by atoms with Gasteiger partial charge < -0.3 is 0 Å². The molecule has 28 heavy (non-hydrogen) atoms. The van der Waals surface area contributed by atoms with Crippen LogP contribution in [0.3, 0.4) is 0 Å². The molecule has 3 heteroatoms. The fourth-order valence-corrected chi connectivity index (χ4v) is 3.18. The molecule has 0 unspecified atom stereocenters. The molecule has 0 radical (unpaired) electrons. The topological polar surface area (TPSA) is 37.6 Å². The summed E-state index contributed by atoms with van der Waals surface area (Å²) >= 11 is 0. The Morgan fingerprint density at radius 2 is 1.07 bits per heavy atom. The Hall–Kier alpha value is -3.07. The minimum atomic E-state index is 0.868. The lowest BCUT2D eigenvalue weighted by Crippen LogP contribution is -2.05. The average molecular weight is 370 g/mol. The first kappa shape index (κ1) is 19.7. The molecule has 0 saturated heterocycles. The summed E-state index contributed by atoms with van der Waals surface area (Å²) in [7, 11) is 0. The number of nitrogens with zero attached hydrogens (tertiary/aromatic N) is 3. The van der Waals surface area contributed by atoms with Gasteiger partial charge in [-0.25, -0.2) is 4.98 Å². The molecule has 1 heterocycles. The van der Waals surface area contributed by atoms with Crippen LogP contribution in [-0.2, 0) is 0 Å². The summed E-state index contributed by atoms with van der Waals surface area (Å²) in [6.45, 7) is 12.4. The van der Waals surface area contributed by atoms with Crippen LogP contribution in [0.5, 0.6) is 0 Å².